The number of methoxy groups -OCH3 is 1. The molecule has 0 aromatic carbocycles. The van der Waals surface area contributed by atoms with Gasteiger partial charge in [-0.1, -0.05) is 6.42 Å². The van der Waals surface area contributed by atoms with Crippen molar-refractivity contribution >= 4 is 0 Å². The summed E-state index contributed by atoms with van der Waals surface area (Å²) in [5.41, 5.74) is 1.10. The number of likely N-dealkylation sites (tertiary alicyclic amines) is 2. The molecule has 0 saturated carbocycles. The molecule has 2 fully saturated rings. The summed E-state index contributed by atoms with van der Waals surface area (Å²) in [6.45, 7) is 5.86. The maximum Gasteiger partial charge on any atom is 0.220 e. The van der Waals surface area contributed by atoms with Crippen LogP contribution in [0, 0.1) is 0 Å². The molecule has 0 radical (unpaired) electrons. The van der Waals surface area contributed by atoms with Crippen LogP contribution in [0.1, 0.15) is 37.7 Å². The average molecular weight is 290 g/mol. The molecule has 2 saturated heterocycles. The van der Waals surface area contributed by atoms with Gasteiger partial charge in [0.25, 0.3) is 0 Å². The third-order valence-electron chi connectivity index (χ3n) is 4.73. The van der Waals surface area contributed by atoms with E-state index in [2.05, 4.69) is 19.8 Å². The van der Waals surface area contributed by atoms with Crippen LogP contribution in [0.4, 0.5) is 0 Å². The highest BCUT2D eigenvalue weighted by atomic mass is 16.5. The van der Waals surface area contributed by atoms with Crippen molar-refractivity contribution in [1.29, 1.82) is 0 Å². The number of hydrogen-bond donors (Lipinski definition) is 0. The van der Waals surface area contributed by atoms with Crippen molar-refractivity contribution < 1.29 is 4.74 Å². The number of piperidine rings is 1. The molecule has 3 heterocycles. The van der Waals surface area contributed by atoms with Gasteiger partial charge in [0.15, 0.2) is 0 Å². The highest BCUT2D eigenvalue weighted by molar-refractivity contribution is 5.22. The van der Waals surface area contributed by atoms with E-state index >= 15 is 0 Å². The van der Waals surface area contributed by atoms with Crippen LogP contribution in [0.3, 0.4) is 0 Å². The molecule has 0 amide bonds. The van der Waals surface area contributed by atoms with E-state index in [1.165, 1.54) is 58.3 Å². The predicted octanol–water partition coefficient (Wildman–Crippen LogP) is 1.94. The number of nitrogens with zero attached hydrogens (tertiary/aromatic N) is 4. The van der Waals surface area contributed by atoms with Crippen molar-refractivity contribution in [2.24, 2.45) is 0 Å². The quantitative estimate of drug-likeness (QED) is 0.829. The number of ether oxygens (including phenoxy) is 1. The van der Waals surface area contributed by atoms with Crippen molar-refractivity contribution in [2.45, 2.75) is 44.7 Å². The lowest BCUT2D eigenvalue weighted by molar-refractivity contribution is 0.148. The van der Waals surface area contributed by atoms with E-state index in [-0.39, 0.29) is 0 Å². The average Bonchev–Trinajstić information content (AvgIpc) is 2.96. The van der Waals surface area contributed by atoms with Crippen molar-refractivity contribution in [1.82, 2.24) is 19.8 Å². The Morgan fingerprint density at radius 3 is 2.86 bits per heavy atom. The van der Waals surface area contributed by atoms with Crippen molar-refractivity contribution in [2.75, 3.05) is 33.3 Å². The molecular formula is C16H26N4O. The second-order valence-electron chi connectivity index (χ2n) is 6.19. The summed E-state index contributed by atoms with van der Waals surface area (Å²) in [5, 5.41) is 0. The Labute approximate surface area is 127 Å². The molecule has 1 atom stereocenters. The van der Waals surface area contributed by atoms with E-state index in [1.54, 1.807) is 13.4 Å². The monoisotopic (exact) mass is 290 g/mol. The minimum Gasteiger partial charge on any atom is -0.481 e. The Morgan fingerprint density at radius 2 is 2.05 bits per heavy atom. The van der Waals surface area contributed by atoms with E-state index in [0.717, 1.165) is 12.1 Å². The SMILES string of the molecule is COc1ncncc1CN1CCCC1CN1CCCCC1. The van der Waals surface area contributed by atoms with E-state index < -0.39 is 0 Å². The second-order valence-corrected chi connectivity index (χ2v) is 6.19. The summed E-state index contributed by atoms with van der Waals surface area (Å²) >= 11 is 0. The van der Waals surface area contributed by atoms with E-state index in [9.17, 15) is 0 Å². The van der Waals surface area contributed by atoms with Gasteiger partial charge in [-0.3, -0.25) is 4.90 Å². The summed E-state index contributed by atoms with van der Waals surface area (Å²) in [7, 11) is 1.68. The molecule has 116 valence electrons. The highest BCUT2D eigenvalue weighted by Crippen LogP contribution is 2.24. The summed E-state index contributed by atoms with van der Waals surface area (Å²) in [6, 6.07) is 0.674. The number of rotatable bonds is 5. The highest BCUT2D eigenvalue weighted by Gasteiger charge is 2.27. The Morgan fingerprint density at radius 1 is 1.19 bits per heavy atom. The lowest BCUT2D eigenvalue weighted by atomic mass is 10.1. The summed E-state index contributed by atoms with van der Waals surface area (Å²) in [6.07, 6.45) is 10.2. The van der Waals surface area contributed by atoms with Crippen LogP contribution >= 0.6 is 0 Å². The molecular weight excluding hydrogens is 264 g/mol. The maximum absolute atomic E-state index is 5.35. The topological polar surface area (TPSA) is 41.5 Å². The molecule has 0 spiro atoms. The Bertz CT molecular complexity index is 448. The van der Waals surface area contributed by atoms with E-state index in [0.29, 0.717) is 11.9 Å². The number of hydrogen-bond acceptors (Lipinski definition) is 5. The minimum atomic E-state index is 0.674. The van der Waals surface area contributed by atoms with Crippen LogP contribution in [0.5, 0.6) is 5.88 Å². The van der Waals surface area contributed by atoms with Crippen molar-refractivity contribution in [3.05, 3.63) is 18.1 Å². The normalized spacial score (nSPS) is 24.3. The number of aromatic nitrogens is 2. The van der Waals surface area contributed by atoms with Crippen LogP contribution in [0.25, 0.3) is 0 Å². The fraction of sp³-hybridized carbons (Fsp3) is 0.750. The zero-order valence-electron chi connectivity index (χ0n) is 13.0. The second kappa shape index (κ2) is 7.18. The predicted molar refractivity (Wildman–Crippen MR) is 82.3 cm³/mol. The van der Waals surface area contributed by atoms with Gasteiger partial charge < -0.3 is 9.64 Å². The van der Waals surface area contributed by atoms with Crippen molar-refractivity contribution in [3.63, 3.8) is 0 Å². The lowest BCUT2D eigenvalue weighted by Gasteiger charge is -2.33. The molecule has 2 aliphatic heterocycles. The molecule has 2 aliphatic rings. The van der Waals surface area contributed by atoms with E-state index in [4.69, 9.17) is 4.74 Å². The van der Waals surface area contributed by atoms with Crippen LogP contribution < -0.4 is 4.74 Å². The summed E-state index contributed by atoms with van der Waals surface area (Å²) < 4.78 is 5.35. The van der Waals surface area contributed by atoms with Gasteiger partial charge in [-0.05, 0) is 45.3 Å². The van der Waals surface area contributed by atoms with Gasteiger partial charge in [-0.25, -0.2) is 9.97 Å². The van der Waals surface area contributed by atoms with Crippen LogP contribution in [-0.4, -0.2) is 59.1 Å². The zero-order valence-corrected chi connectivity index (χ0v) is 13.0. The summed E-state index contributed by atoms with van der Waals surface area (Å²) in [4.78, 5) is 13.6. The fourth-order valence-electron chi connectivity index (χ4n) is 3.61. The Balaban J connectivity index is 1.61. The Kier molecular flexibility index (Phi) is 5.04. The molecule has 0 bridgehead atoms. The third-order valence-corrected chi connectivity index (χ3v) is 4.73. The first-order valence-electron chi connectivity index (χ1n) is 8.16. The van der Waals surface area contributed by atoms with Gasteiger partial charge in [-0.2, -0.15) is 0 Å². The van der Waals surface area contributed by atoms with Gasteiger partial charge in [0, 0.05) is 30.9 Å². The maximum atomic E-state index is 5.35. The fourth-order valence-corrected chi connectivity index (χ4v) is 3.61. The first-order chi connectivity index (χ1) is 10.4. The Hall–Kier alpha value is -1.20. The van der Waals surface area contributed by atoms with Crippen LogP contribution in [-0.2, 0) is 6.54 Å². The van der Waals surface area contributed by atoms with Gasteiger partial charge in [0.05, 0.1) is 7.11 Å². The molecule has 0 N–H and O–H groups in total. The molecule has 3 rings (SSSR count). The van der Waals surface area contributed by atoms with Crippen molar-refractivity contribution in [3.8, 4) is 5.88 Å². The van der Waals surface area contributed by atoms with Gasteiger partial charge in [-0.15, -0.1) is 0 Å². The van der Waals surface area contributed by atoms with Gasteiger partial charge in [0.2, 0.25) is 5.88 Å². The zero-order chi connectivity index (χ0) is 14.5. The minimum absolute atomic E-state index is 0.674. The largest absolute Gasteiger partial charge is 0.481 e. The smallest absolute Gasteiger partial charge is 0.220 e. The first-order valence-corrected chi connectivity index (χ1v) is 8.16. The van der Waals surface area contributed by atoms with Crippen LogP contribution in [0.15, 0.2) is 12.5 Å². The molecule has 5 heteroatoms. The first kappa shape index (κ1) is 14.7. The molecule has 1 aromatic heterocycles. The lowest BCUT2D eigenvalue weighted by Crippen LogP contribution is -2.42. The molecule has 5 nitrogen and oxygen atoms in total. The molecule has 0 aliphatic carbocycles. The molecule has 1 aromatic rings. The van der Waals surface area contributed by atoms with Gasteiger partial charge >= 0.3 is 0 Å². The van der Waals surface area contributed by atoms with Gasteiger partial charge in [0.1, 0.15) is 6.33 Å². The third kappa shape index (κ3) is 3.71. The summed E-state index contributed by atoms with van der Waals surface area (Å²) in [5.74, 6) is 0.716. The molecule has 1 unspecified atom stereocenters. The van der Waals surface area contributed by atoms with Crippen LogP contribution in [0.2, 0.25) is 0 Å². The molecule has 21 heavy (non-hydrogen) atoms. The standard InChI is InChI=1S/C16H26N4O/c1-21-16-14(10-17-13-18-16)11-20-9-5-6-15(20)12-19-7-3-2-4-8-19/h10,13,15H,2-9,11-12H2,1H3. The van der Waals surface area contributed by atoms with E-state index in [1.807, 2.05) is 6.20 Å².